The minimum Gasteiger partial charge on any atom is -0.388 e. The molecule has 0 spiro atoms. The van der Waals surface area contributed by atoms with Crippen LogP contribution >= 0.6 is 11.8 Å². The predicted molar refractivity (Wildman–Crippen MR) is 65.6 cm³/mol. The van der Waals surface area contributed by atoms with E-state index in [1.807, 2.05) is 0 Å². The molecule has 0 saturated heterocycles. The summed E-state index contributed by atoms with van der Waals surface area (Å²) in [6.07, 6.45) is 1.61. The molecular weight excluding hydrogens is 263 g/mol. The van der Waals surface area contributed by atoms with Crippen LogP contribution in [0.15, 0.2) is 29.2 Å². The molecule has 0 aromatic heterocycles. The van der Waals surface area contributed by atoms with E-state index >= 15 is 0 Å². The molecule has 2 N–H and O–H groups in total. The first-order chi connectivity index (χ1) is 8.26. The van der Waals surface area contributed by atoms with Gasteiger partial charge in [-0.25, -0.2) is 0 Å². The molecule has 1 aliphatic rings. The minimum atomic E-state index is -4.26. The van der Waals surface area contributed by atoms with E-state index in [1.165, 1.54) is 12.1 Å². The zero-order chi connectivity index (χ0) is 13.4. The van der Waals surface area contributed by atoms with Crippen molar-refractivity contribution >= 4 is 17.4 Å². The first-order valence-electron chi connectivity index (χ1n) is 5.61. The number of thioether (sulfide) groups is 1. The number of aliphatic hydroxyl groups is 1. The molecule has 0 radical (unpaired) electrons. The fraction of sp³-hybridized carbons (Fsp3) is 0.500. The van der Waals surface area contributed by atoms with E-state index in [9.17, 15) is 18.3 Å². The quantitative estimate of drug-likeness (QED) is 0.828. The lowest BCUT2D eigenvalue weighted by molar-refractivity contribution is -0.0328. The zero-order valence-electron chi connectivity index (χ0n) is 9.79. The molecule has 2 atom stereocenters. The Labute approximate surface area is 108 Å². The van der Waals surface area contributed by atoms with Crippen molar-refractivity contribution < 1.29 is 18.3 Å². The summed E-state index contributed by atoms with van der Waals surface area (Å²) in [5.41, 5.74) is -4.25. The van der Waals surface area contributed by atoms with Gasteiger partial charge in [0.25, 0.3) is 0 Å². The molecule has 0 bridgehead atoms. The Balaban J connectivity index is 1.96. The number of rotatable bonds is 3. The van der Waals surface area contributed by atoms with E-state index in [-0.39, 0.29) is 22.7 Å². The maximum atomic E-state index is 12.1. The van der Waals surface area contributed by atoms with Gasteiger partial charge in [0.05, 0.1) is 11.6 Å². The number of halogens is 3. The van der Waals surface area contributed by atoms with E-state index < -0.39 is 11.1 Å². The molecule has 1 aliphatic carbocycles. The number of hydrogen-bond acceptors (Lipinski definition) is 3. The third-order valence-corrected chi connectivity index (χ3v) is 3.86. The highest BCUT2D eigenvalue weighted by Gasteiger charge is 2.40. The lowest BCUT2D eigenvalue weighted by Crippen LogP contribution is -2.53. The van der Waals surface area contributed by atoms with Crippen molar-refractivity contribution in [1.82, 2.24) is 0 Å². The molecule has 0 amide bonds. The molecule has 1 aromatic carbocycles. The highest BCUT2D eigenvalue weighted by Crippen LogP contribution is 2.38. The monoisotopic (exact) mass is 277 g/mol. The van der Waals surface area contributed by atoms with Crippen molar-refractivity contribution in [2.45, 2.75) is 41.8 Å². The maximum absolute atomic E-state index is 12.1. The Morgan fingerprint density at radius 1 is 1.33 bits per heavy atom. The van der Waals surface area contributed by atoms with Gasteiger partial charge in [-0.2, -0.15) is 13.2 Å². The second kappa shape index (κ2) is 4.66. The summed E-state index contributed by atoms with van der Waals surface area (Å²) in [5, 5.41) is 12.9. The van der Waals surface area contributed by atoms with Crippen LogP contribution < -0.4 is 5.32 Å². The first kappa shape index (κ1) is 13.5. The Hall–Kier alpha value is -0.880. The largest absolute Gasteiger partial charge is 0.446 e. The van der Waals surface area contributed by atoms with Crippen LogP contribution in [0.3, 0.4) is 0 Å². The summed E-state index contributed by atoms with van der Waals surface area (Å²) in [6.45, 7) is 1.75. The predicted octanol–water partition coefficient (Wildman–Crippen LogP) is 3.62. The van der Waals surface area contributed by atoms with Gasteiger partial charge in [0, 0.05) is 10.6 Å². The summed E-state index contributed by atoms with van der Waals surface area (Å²) in [5.74, 6) is 0. The van der Waals surface area contributed by atoms with Gasteiger partial charge in [0.2, 0.25) is 0 Å². The highest BCUT2D eigenvalue weighted by atomic mass is 32.2. The van der Waals surface area contributed by atoms with Crippen molar-refractivity contribution in [3.05, 3.63) is 24.3 Å². The van der Waals surface area contributed by atoms with Gasteiger partial charge in [-0.05, 0) is 55.8 Å². The SMILES string of the molecule is C[C@]1(O)CC[C@@H]1Nc1ccc(SC(F)(F)F)cc1. The van der Waals surface area contributed by atoms with Crippen molar-refractivity contribution in [2.24, 2.45) is 0 Å². The van der Waals surface area contributed by atoms with Crippen LogP contribution in [0.5, 0.6) is 0 Å². The smallest absolute Gasteiger partial charge is 0.388 e. The third kappa shape index (κ3) is 3.32. The van der Waals surface area contributed by atoms with Gasteiger partial charge in [-0.15, -0.1) is 0 Å². The molecule has 1 aromatic rings. The van der Waals surface area contributed by atoms with E-state index in [0.29, 0.717) is 0 Å². The molecular formula is C12H14F3NOS. The Morgan fingerprint density at radius 3 is 2.33 bits per heavy atom. The maximum Gasteiger partial charge on any atom is 0.446 e. The first-order valence-corrected chi connectivity index (χ1v) is 6.43. The normalized spacial score (nSPS) is 27.7. The summed E-state index contributed by atoms with van der Waals surface area (Å²) >= 11 is -0.129. The van der Waals surface area contributed by atoms with Crippen LogP contribution in [0.4, 0.5) is 18.9 Å². The molecule has 6 heteroatoms. The summed E-state index contributed by atoms with van der Waals surface area (Å²) in [7, 11) is 0. The second-order valence-corrected chi connectivity index (χ2v) is 5.80. The number of nitrogens with one attached hydrogen (secondary N) is 1. The standard InChI is InChI=1S/C12H14F3NOS/c1-11(17)7-6-10(11)16-8-2-4-9(5-3-8)18-12(13,14)15/h2-5,10,16-17H,6-7H2,1H3/t10-,11-/m0/s1. The van der Waals surface area contributed by atoms with Crippen molar-refractivity contribution in [1.29, 1.82) is 0 Å². The molecule has 100 valence electrons. The molecule has 2 rings (SSSR count). The fourth-order valence-corrected chi connectivity index (χ4v) is 2.43. The van der Waals surface area contributed by atoms with Crippen LogP contribution in [0.1, 0.15) is 19.8 Å². The molecule has 2 nitrogen and oxygen atoms in total. The van der Waals surface area contributed by atoms with Crippen LogP contribution in [0, 0.1) is 0 Å². The van der Waals surface area contributed by atoms with Gasteiger partial charge in [-0.3, -0.25) is 0 Å². The van der Waals surface area contributed by atoms with Crippen LogP contribution in [0.2, 0.25) is 0 Å². The summed E-state index contributed by atoms with van der Waals surface area (Å²) in [6, 6.07) is 6.02. The number of anilines is 1. The Bertz CT molecular complexity index is 416. The number of benzene rings is 1. The topological polar surface area (TPSA) is 32.3 Å². The van der Waals surface area contributed by atoms with Crippen molar-refractivity contribution in [2.75, 3.05) is 5.32 Å². The van der Waals surface area contributed by atoms with Crippen LogP contribution in [-0.2, 0) is 0 Å². The highest BCUT2D eigenvalue weighted by molar-refractivity contribution is 8.00. The lowest BCUT2D eigenvalue weighted by Gasteiger charge is -2.43. The molecule has 18 heavy (non-hydrogen) atoms. The van der Waals surface area contributed by atoms with Gasteiger partial charge < -0.3 is 10.4 Å². The molecule has 1 fully saturated rings. The Morgan fingerprint density at radius 2 is 1.94 bits per heavy atom. The van der Waals surface area contributed by atoms with Crippen LogP contribution in [0.25, 0.3) is 0 Å². The molecule has 0 unspecified atom stereocenters. The lowest BCUT2D eigenvalue weighted by atomic mass is 9.76. The second-order valence-electron chi connectivity index (χ2n) is 4.66. The third-order valence-electron chi connectivity index (χ3n) is 3.12. The molecule has 0 aliphatic heterocycles. The van der Waals surface area contributed by atoms with E-state index in [4.69, 9.17) is 0 Å². The fourth-order valence-electron chi connectivity index (χ4n) is 1.89. The minimum absolute atomic E-state index is 0.0291. The summed E-state index contributed by atoms with van der Waals surface area (Å²) < 4.78 is 36.4. The van der Waals surface area contributed by atoms with E-state index in [0.717, 1.165) is 18.5 Å². The van der Waals surface area contributed by atoms with Crippen molar-refractivity contribution in [3.63, 3.8) is 0 Å². The van der Waals surface area contributed by atoms with Gasteiger partial charge >= 0.3 is 5.51 Å². The van der Waals surface area contributed by atoms with Crippen molar-refractivity contribution in [3.8, 4) is 0 Å². The number of alkyl halides is 3. The van der Waals surface area contributed by atoms with E-state index in [2.05, 4.69) is 5.32 Å². The Kier molecular flexibility index (Phi) is 3.51. The van der Waals surface area contributed by atoms with Gasteiger partial charge in [0.1, 0.15) is 0 Å². The zero-order valence-corrected chi connectivity index (χ0v) is 10.6. The molecule has 1 saturated carbocycles. The average Bonchev–Trinajstić information content (AvgIpc) is 2.24. The van der Waals surface area contributed by atoms with Gasteiger partial charge in [-0.1, -0.05) is 0 Å². The molecule has 0 heterocycles. The van der Waals surface area contributed by atoms with Gasteiger partial charge in [0.15, 0.2) is 0 Å². The average molecular weight is 277 g/mol. The van der Waals surface area contributed by atoms with Crippen LogP contribution in [-0.4, -0.2) is 22.3 Å². The van der Waals surface area contributed by atoms with E-state index in [1.54, 1.807) is 19.1 Å². The summed E-state index contributed by atoms with van der Waals surface area (Å²) in [4.78, 5) is 0.161. The number of hydrogen-bond donors (Lipinski definition) is 2.